The molecular formula is C21H17F2N3OS. The summed E-state index contributed by atoms with van der Waals surface area (Å²) < 4.78 is 32.2. The molecule has 0 fully saturated rings. The molecule has 1 aromatic carbocycles. The largest absolute Gasteiger partial charge is 0.497 e. The first-order valence-corrected chi connectivity index (χ1v) is 9.50. The maximum Gasteiger partial charge on any atom is 0.265 e. The molecule has 4 nitrogen and oxygen atoms in total. The summed E-state index contributed by atoms with van der Waals surface area (Å²) in [5.74, 6) is 1.38. The van der Waals surface area contributed by atoms with Crippen LogP contribution in [0.5, 0.6) is 5.75 Å². The molecule has 7 heteroatoms. The van der Waals surface area contributed by atoms with Gasteiger partial charge in [0.05, 0.1) is 18.4 Å². The third-order valence-electron chi connectivity index (χ3n) is 4.11. The van der Waals surface area contributed by atoms with Crippen molar-refractivity contribution in [2.24, 2.45) is 0 Å². The molecule has 3 aromatic rings. The predicted octanol–water partition coefficient (Wildman–Crippen LogP) is 5.30. The summed E-state index contributed by atoms with van der Waals surface area (Å²) >= 11 is 1.30. The molecule has 0 atom stereocenters. The first-order chi connectivity index (χ1) is 13.6. The Bertz CT molecular complexity index is 973. The maximum atomic E-state index is 13.5. The Kier molecular flexibility index (Phi) is 6.56. The predicted molar refractivity (Wildman–Crippen MR) is 105 cm³/mol. The van der Waals surface area contributed by atoms with Gasteiger partial charge in [0, 0.05) is 29.3 Å². The molecular weight excluding hydrogens is 380 g/mol. The van der Waals surface area contributed by atoms with E-state index in [2.05, 4.69) is 9.97 Å². The van der Waals surface area contributed by atoms with Crippen molar-refractivity contribution >= 4 is 11.8 Å². The van der Waals surface area contributed by atoms with Crippen LogP contribution in [0.4, 0.5) is 8.78 Å². The second-order valence-electron chi connectivity index (χ2n) is 5.88. The minimum Gasteiger partial charge on any atom is -0.497 e. The molecule has 0 spiro atoms. The lowest BCUT2D eigenvalue weighted by Crippen LogP contribution is -2.00. The van der Waals surface area contributed by atoms with Crippen LogP contribution in [0.1, 0.15) is 23.1 Å². The summed E-state index contributed by atoms with van der Waals surface area (Å²) in [5.41, 5.74) is 1.73. The zero-order valence-corrected chi connectivity index (χ0v) is 15.9. The van der Waals surface area contributed by atoms with Gasteiger partial charge in [-0.15, -0.1) is 11.8 Å². The van der Waals surface area contributed by atoms with Gasteiger partial charge in [0.2, 0.25) is 0 Å². The molecule has 28 heavy (non-hydrogen) atoms. The Morgan fingerprint density at radius 2 is 2.00 bits per heavy atom. The number of methoxy groups -OCH3 is 1. The number of rotatable bonds is 7. The number of aryl methyl sites for hydroxylation is 1. The van der Waals surface area contributed by atoms with Gasteiger partial charge in [-0.1, -0.05) is 12.1 Å². The van der Waals surface area contributed by atoms with Gasteiger partial charge in [0.1, 0.15) is 16.8 Å². The lowest BCUT2D eigenvalue weighted by Gasteiger charge is -2.11. The fourth-order valence-corrected chi connectivity index (χ4v) is 3.65. The summed E-state index contributed by atoms with van der Waals surface area (Å²) in [6, 6.07) is 14.3. The first-order valence-electron chi connectivity index (χ1n) is 8.51. The van der Waals surface area contributed by atoms with Crippen molar-refractivity contribution in [2.75, 3.05) is 12.9 Å². The molecule has 3 rings (SSSR count). The molecule has 0 saturated heterocycles. The van der Waals surface area contributed by atoms with Crippen LogP contribution in [0.2, 0.25) is 0 Å². The third-order valence-corrected chi connectivity index (χ3v) is 5.09. The van der Waals surface area contributed by atoms with E-state index in [0.29, 0.717) is 28.5 Å². The van der Waals surface area contributed by atoms with Gasteiger partial charge in [0.25, 0.3) is 6.43 Å². The van der Waals surface area contributed by atoms with Crippen molar-refractivity contribution in [1.82, 2.24) is 9.97 Å². The maximum absolute atomic E-state index is 13.5. The van der Waals surface area contributed by atoms with Gasteiger partial charge in [-0.25, -0.2) is 13.8 Å². The molecule has 142 valence electrons. The van der Waals surface area contributed by atoms with E-state index in [9.17, 15) is 14.0 Å². The van der Waals surface area contributed by atoms with Crippen LogP contribution < -0.4 is 4.74 Å². The molecule has 0 aliphatic heterocycles. The lowest BCUT2D eigenvalue weighted by molar-refractivity contribution is 0.150. The number of ether oxygens (including phenoxy) is 1. The standard InChI is InChI=1S/C21H17F2N3OS/c1-27-16-6-4-14(5-7-16)8-10-28-21-18(12-24)17(20(22)23)11-19(26-21)15-3-2-9-25-13-15/h2-7,9,11,13,20H,8,10H2,1H3. The van der Waals surface area contributed by atoms with Gasteiger partial charge >= 0.3 is 0 Å². The number of halogens is 2. The summed E-state index contributed by atoms with van der Waals surface area (Å²) in [6.45, 7) is 0. The van der Waals surface area contributed by atoms with Gasteiger partial charge in [0.15, 0.2) is 0 Å². The number of alkyl halides is 2. The van der Waals surface area contributed by atoms with Gasteiger partial charge in [-0.05, 0) is 42.3 Å². The number of nitriles is 1. The summed E-state index contributed by atoms with van der Waals surface area (Å²) in [7, 11) is 1.61. The van der Waals surface area contributed by atoms with Crippen molar-refractivity contribution in [3.63, 3.8) is 0 Å². The Balaban J connectivity index is 1.85. The van der Waals surface area contributed by atoms with Crippen LogP contribution in [0.15, 0.2) is 59.9 Å². The monoisotopic (exact) mass is 397 g/mol. The SMILES string of the molecule is COc1ccc(CCSc2nc(-c3cccnc3)cc(C(F)F)c2C#N)cc1. The van der Waals surface area contributed by atoms with E-state index in [1.165, 1.54) is 17.8 Å². The molecule has 0 unspecified atom stereocenters. The highest BCUT2D eigenvalue weighted by atomic mass is 32.2. The van der Waals surface area contributed by atoms with E-state index >= 15 is 0 Å². The summed E-state index contributed by atoms with van der Waals surface area (Å²) in [6.07, 6.45) is 1.12. The number of thioether (sulfide) groups is 1. The number of hydrogen-bond acceptors (Lipinski definition) is 5. The number of benzene rings is 1. The summed E-state index contributed by atoms with van der Waals surface area (Å²) in [5, 5.41) is 9.73. The van der Waals surface area contributed by atoms with Crippen molar-refractivity contribution in [3.05, 3.63) is 71.5 Å². The summed E-state index contributed by atoms with van der Waals surface area (Å²) in [4.78, 5) is 8.48. The van der Waals surface area contributed by atoms with Gasteiger partial charge in [-0.3, -0.25) is 4.98 Å². The lowest BCUT2D eigenvalue weighted by atomic mass is 10.1. The zero-order chi connectivity index (χ0) is 19.9. The zero-order valence-electron chi connectivity index (χ0n) is 15.1. The van der Waals surface area contributed by atoms with E-state index in [4.69, 9.17) is 4.74 Å². The topological polar surface area (TPSA) is 58.8 Å². The number of nitrogens with zero attached hydrogens (tertiary/aromatic N) is 3. The molecule has 2 aromatic heterocycles. The normalized spacial score (nSPS) is 10.7. The van der Waals surface area contributed by atoms with Crippen LogP contribution in [0, 0.1) is 11.3 Å². The first kappa shape index (κ1) is 19.8. The number of hydrogen-bond donors (Lipinski definition) is 0. The van der Waals surface area contributed by atoms with E-state index in [-0.39, 0.29) is 11.1 Å². The van der Waals surface area contributed by atoms with E-state index in [0.717, 1.165) is 11.3 Å². The quantitative estimate of drug-likeness (QED) is 0.507. The average Bonchev–Trinajstić information content (AvgIpc) is 2.74. The van der Waals surface area contributed by atoms with E-state index < -0.39 is 6.43 Å². The fraction of sp³-hybridized carbons (Fsp3) is 0.190. The van der Waals surface area contributed by atoms with Crippen molar-refractivity contribution in [3.8, 4) is 23.1 Å². The van der Waals surface area contributed by atoms with Gasteiger partial charge in [-0.2, -0.15) is 5.26 Å². The van der Waals surface area contributed by atoms with E-state index in [1.54, 1.807) is 31.6 Å². The molecule has 2 heterocycles. The Labute approximate surface area is 166 Å². The molecule has 0 amide bonds. The van der Waals surface area contributed by atoms with Crippen molar-refractivity contribution < 1.29 is 13.5 Å². The Morgan fingerprint density at radius 1 is 1.21 bits per heavy atom. The molecule has 0 aliphatic rings. The second-order valence-corrected chi connectivity index (χ2v) is 6.96. The molecule has 0 radical (unpaired) electrons. The highest BCUT2D eigenvalue weighted by Gasteiger charge is 2.20. The molecule has 0 aliphatic carbocycles. The minimum absolute atomic E-state index is 0.0672. The Hall–Kier alpha value is -2.98. The highest BCUT2D eigenvalue weighted by molar-refractivity contribution is 7.99. The van der Waals surface area contributed by atoms with Gasteiger partial charge < -0.3 is 4.74 Å². The van der Waals surface area contributed by atoms with Crippen LogP contribution in [-0.4, -0.2) is 22.8 Å². The minimum atomic E-state index is -2.76. The molecule has 0 N–H and O–H groups in total. The van der Waals surface area contributed by atoms with Crippen LogP contribution in [-0.2, 0) is 6.42 Å². The van der Waals surface area contributed by atoms with E-state index in [1.807, 2.05) is 30.3 Å². The average molecular weight is 397 g/mol. The van der Waals surface area contributed by atoms with Crippen molar-refractivity contribution in [2.45, 2.75) is 17.9 Å². The number of pyridine rings is 2. The van der Waals surface area contributed by atoms with Crippen LogP contribution in [0.3, 0.4) is 0 Å². The Morgan fingerprint density at radius 3 is 2.61 bits per heavy atom. The fourth-order valence-electron chi connectivity index (χ4n) is 2.65. The number of aromatic nitrogens is 2. The second kappa shape index (κ2) is 9.29. The van der Waals surface area contributed by atoms with Crippen LogP contribution in [0.25, 0.3) is 11.3 Å². The third kappa shape index (κ3) is 4.65. The smallest absolute Gasteiger partial charge is 0.265 e. The van der Waals surface area contributed by atoms with Crippen LogP contribution >= 0.6 is 11.8 Å². The molecule has 0 saturated carbocycles. The molecule has 0 bridgehead atoms. The van der Waals surface area contributed by atoms with Crippen molar-refractivity contribution in [1.29, 1.82) is 5.26 Å². The highest BCUT2D eigenvalue weighted by Crippen LogP contribution is 2.33.